The van der Waals surface area contributed by atoms with Crippen molar-refractivity contribution in [2.75, 3.05) is 17.9 Å². The molecule has 4 bridgehead atoms. The van der Waals surface area contributed by atoms with Gasteiger partial charge < -0.3 is 24.6 Å². The van der Waals surface area contributed by atoms with Crippen molar-refractivity contribution < 1.29 is 32.3 Å². The molecule has 0 aliphatic carbocycles. The van der Waals surface area contributed by atoms with Crippen molar-refractivity contribution in [2.45, 2.75) is 80.9 Å². The number of sulfonamides is 1. The zero-order chi connectivity index (χ0) is 38.5. The Morgan fingerprint density at radius 2 is 1.51 bits per heavy atom. The Morgan fingerprint density at radius 1 is 0.836 bits per heavy atom. The predicted molar refractivity (Wildman–Crippen MR) is 217 cm³/mol. The van der Waals surface area contributed by atoms with Crippen LogP contribution < -0.4 is 24.2 Å². The molecule has 5 aromatic rings. The highest BCUT2D eigenvalue weighted by molar-refractivity contribution is 7.92. The van der Waals surface area contributed by atoms with E-state index in [2.05, 4.69) is 34.3 Å². The zero-order valence-corrected chi connectivity index (χ0v) is 32.8. The lowest BCUT2D eigenvalue weighted by Gasteiger charge is -2.29. The molecule has 0 radical (unpaired) electrons. The first-order valence-corrected chi connectivity index (χ1v) is 21.1. The van der Waals surface area contributed by atoms with E-state index in [-0.39, 0.29) is 50.6 Å². The van der Waals surface area contributed by atoms with E-state index in [4.69, 9.17) is 14.2 Å². The molecule has 0 saturated heterocycles. The van der Waals surface area contributed by atoms with E-state index in [0.29, 0.717) is 30.8 Å². The Bertz CT molecular complexity index is 2040. The van der Waals surface area contributed by atoms with Crippen LogP contribution in [0.1, 0.15) is 54.9 Å². The number of ether oxygens (including phenoxy) is 3. The maximum absolute atomic E-state index is 13.1. The third kappa shape index (κ3) is 11.9. The number of aryl methyl sites for hydroxylation is 2. The maximum Gasteiger partial charge on any atom is 0.262 e. The van der Waals surface area contributed by atoms with Gasteiger partial charge in [-0.1, -0.05) is 84.9 Å². The second-order valence-corrected chi connectivity index (χ2v) is 16.8. The Kier molecular flexibility index (Phi) is 14.0. The van der Waals surface area contributed by atoms with Crippen LogP contribution in [-0.2, 0) is 40.5 Å². The summed E-state index contributed by atoms with van der Waals surface area (Å²) < 4.78 is 59.9. The average Bonchev–Trinajstić information content (AvgIpc) is 3.20. The van der Waals surface area contributed by atoms with E-state index in [1.54, 1.807) is 30.3 Å². The van der Waals surface area contributed by atoms with Crippen molar-refractivity contribution in [3.8, 4) is 17.2 Å². The van der Waals surface area contributed by atoms with Gasteiger partial charge in [-0.15, -0.1) is 0 Å². The molecule has 11 heteroatoms. The molecule has 0 amide bonds. The Morgan fingerprint density at radius 3 is 2.16 bits per heavy atom. The SMILES string of the molecule is CC(Cc1ccc(OC(CCCc2ccccc2)(CCCc2ccccc2)P=O)cc1)NCC(O)COc1ccc2cc1NS(=O)(=O)c1cccc(c1)CO2. The summed E-state index contributed by atoms with van der Waals surface area (Å²) in [5.41, 5.74) is 4.59. The van der Waals surface area contributed by atoms with Crippen LogP contribution in [0.3, 0.4) is 0 Å². The summed E-state index contributed by atoms with van der Waals surface area (Å²) in [6.07, 6.45) is 4.70. The summed E-state index contributed by atoms with van der Waals surface area (Å²) in [6.45, 7) is 2.50. The van der Waals surface area contributed by atoms with Gasteiger partial charge in [0.25, 0.3) is 10.0 Å². The third-order valence-corrected chi connectivity index (χ3v) is 11.9. The number of aliphatic hydroxyl groups excluding tert-OH is 1. The highest BCUT2D eigenvalue weighted by atomic mass is 32.2. The Hall–Kier alpha value is -4.73. The average molecular weight is 781 g/mol. The number of hydrogen-bond donors (Lipinski definition) is 3. The van der Waals surface area contributed by atoms with Crippen molar-refractivity contribution in [2.24, 2.45) is 0 Å². The molecular formula is C44H49N2O7PS. The summed E-state index contributed by atoms with van der Waals surface area (Å²) in [4.78, 5) is 0.131. The quantitative estimate of drug-likeness (QED) is 0.0712. The monoisotopic (exact) mass is 780 g/mol. The minimum atomic E-state index is -3.85. The van der Waals surface area contributed by atoms with Gasteiger partial charge in [-0.3, -0.25) is 9.29 Å². The largest absolute Gasteiger partial charge is 0.489 e. The van der Waals surface area contributed by atoms with E-state index in [1.807, 2.05) is 73.7 Å². The molecular weight excluding hydrogens is 732 g/mol. The molecule has 1 aliphatic rings. The highest BCUT2D eigenvalue weighted by Crippen LogP contribution is 2.38. The van der Waals surface area contributed by atoms with Gasteiger partial charge in [0.2, 0.25) is 8.46 Å². The fourth-order valence-corrected chi connectivity index (χ4v) is 8.43. The van der Waals surface area contributed by atoms with Gasteiger partial charge in [-0.25, -0.2) is 8.42 Å². The van der Waals surface area contributed by atoms with Gasteiger partial charge in [0.05, 0.1) is 10.6 Å². The molecule has 2 atom stereocenters. The van der Waals surface area contributed by atoms with Crippen LogP contribution in [0.15, 0.2) is 132 Å². The van der Waals surface area contributed by atoms with Crippen molar-refractivity contribution in [3.63, 3.8) is 0 Å². The number of fused-ring (bicyclic) bond motifs is 4. The summed E-state index contributed by atoms with van der Waals surface area (Å²) in [6, 6.07) is 40.2. The van der Waals surface area contributed by atoms with Crippen molar-refractivity contribution >= 4 is 24.2 Å². The van der Waals surface area contributed by atoms with Gasteiger partial charge in [0.1, 0.15) is 36.6 Å². The van der Waals surface area contributed by atoms with Crippen LogP contribution in [0.25, 0.3) is 0 Å². The van der Waals surface area contributed by atoms with Crippen LogP contribution >= 0.6 is 8.46 Å². The number of rotatable bonds is 19. The third-order valence-electron chi connectivity index (χ3n) is 9.63. The Balaban J connectivity index is 0.996. The molecule has 55 heavy (non-hydrogen) atoms. The summed E-state index contributed by atoms with van der Waals surface area (Å²) in [5, 5.41) is 13.3. The van der Waals surface area contributed by atoms with Crippen LogP contribution in [0.5, 0.6) is 17.2 Å². The first-order chi connectivity index (χ1) is 26.7. The van der Waals surface area contributed by atoms with E-state index in [0.717, 1.165) is 36.8 Å². The van der Waals surface area contributed by atoms with Gasteiger partial charge in [0, 0.05) is 18.7 Å². The van der Waals surface area contributed by atoms with E-state index >= 15 is 0 Å². The van der Waals surface area contributed by atoms with Crippen LogP contribution in [0, 0.1) is 0 Å². The van der Waals surface area contributed by atoms with Gasteiger partial charge in [0.15, 0.2) is 5.34 Å². The summed E-state index contributed by atoms with van der Waals surface area (Å²) in [5.74, 6) is 1.47. The first-order valence-electron chi connectivity index (χ1n) is 18.8. The molecule has 0 fully saturated rings. The second-order valence-electron chi connectivity index (χ2n) is 14.1. The summed E-state index contributed by atoms with van der Waals surface area (Å²) in [7, 11) is -3.87. The number of benzene rings is 5. The van der Waals surface area contributed by atoms with Crippen LogP contribution in [0.4, 0.5) is 5.69 Å². The van der Waals surface area contributed by atoms with Gasteiger partial charge in [-0.05, 0) is 111 Å². The normalized spacial score (nSPS) is 14.6. The first kappa shape index (κ1) is 39.9. The number of aliphatic hydroxyl groups is 1. The molecule has 9 nitrogen and oxygen atoms in total. The zero-order valence-electron chi connectivity index (χ0n) is 31.1. The fourth-order valence-electron chi connectivity index (χ4n) is 6.66. The smallest absolute Gasteiger partial charge is 0.262 e. The topological polar surface area (TPSA) is 123 Å². The Labute approximate surface area is 326 Å². The lowest BCUT2D eigenvalue weighted by molar-refractivity contribution is 0.104. The molecule has 6 rings (SSSR count). The summed E-state index contributed by atoms with van der Waals surface area (Å²) >= 11 is 0. The lowest BCUT2D eigenvalue weighted by atomic mass is 10.00. The van der Waals surface area contributed by atoms with Crippen molar-refractivity contribution in [3.05, 3.63) is 150 Å². The molecule has 5 aromatic carbocycles. The molecule has 3 N–H and O–H groups in total. The molecule has 2 unspecified atom stereocenters. The molecule has 1 aliphatic heterocycles. The van der Waals surface area contributed by atoms with E-state index in [9.17, 15) is 18.1 Å². The van der Waals surface area contributed by atoms with Crippen LogP contribution in [0.2, 0.25) is 0 Å². The molecule has 1 heterocycles. The lowest BCUT2D eigenvalue weighted by Crippen LogP contribution is -2.37. The van der Waals surface area contributed by atoms with E-state index < -0.39 is 21.5 Å². The molecule has 288 valence electrons. The van der Waals surface area contributed by atoms with Crippen molar-refractivity contribution in [1.82, 2.24) is 5.32 Å². The van der Waals surface area contributed by atoms with Crippen molar-refractivity contribution in [1.29, 1.82) is 0 Å². The molecule has 0 saturated carbocycles. The fraction of sp³-hybridized carbons (Fsp3) is 0.318. The molecule has 0 spiro atoms. The minimum absolute atomic E-state index is 0.0185. The number of nitrogens with one attached hydrogen (secondary N) is 2. The predicted octanol–water partition coefficient (Wildman–Crippen LogP) is 8.75. The standard InChI is InChI=1S/C44H49N2O7PS/c1-33(45-30-38(47)32-52-43-24-23-40-29-42(43)46-55(49,50)41-18-8-15-37(28-41)31-51-40)27-36-19-21-39(22-20-36)53-44(54-48,25-9-16-34-11-4-2-5-12-34)26-10-17-35-13-6-3-7-14-35/h2-8,11-15,18-24,28-29,33,38,45-47H,9-10,16-17,25-27,30-32H2,1H3. The van der Waals surface area contributed by atoms with Gasteiger partial charge >= 0.3 is 0 Å². The van der Waals surface area contributed by atoms with Crippen LogP contribution in [-0.4, -0.2) is 44.2 Å². The van der Waals surface area contributed by atoms with Gasteiger partial charge in [-0.2, -0.15) is 0 Å². The minimum Gasteiger partial charge on any atom is -0.489 e. The number of anilines is 1. The maximum atomic E-state index is 13.1. The van der Waals surface area contributed by atoms with E-state index in [1.165, 1.54) is 17.2 Å². The second kappa shape index (κ2) is 19.2. The number of hydrogen-bond acceptors (Lipinski definition) is 8. The highest BCUT2D eigenvalue weighted by Gasteiger charge is 2.33. The molecule has 0 aromatic heterocycles.